The van der Waals surface area contributed by atoms with Crippen molar-refractivity contribution in [2.45, 2.75) is 19.4 Å². The monoisotopic (exact) mass is 278 g/mol. The number of carbonyl (C=O) groups excluding carboxylic acids is 2. The predicted octanol–water partition coefficient (Wildman–Crippen LogP) is 0.676. The van der Waals surface area contributed by atoms with E-state index >= 15 is 0 Å². The van der Waals surface area contributed by atoms with Crippen LogP contribution in [-0.4, -0.2) is 28.8 Å². The number of nitrogens with one attached hydrogen (secondary N) is 1. The van der Waals surface area contributed by atoms with Gasteiger partial charge in [-0.1, -0.05) is 25.3 Å². The number of aliphatic carboxylic acids is 1. The topological polar surface area (TPSA) is 109 Å². The number of hydrogen-bond donors (Lipinski definition) is 3. The third-order valence-corrected chi connectivity index (χ3v) is 2.26. The Kier molecular flexibility index (Phi) is 7.35. The normalized spacial score (nSPS) is 13.2. The molecule has 0 radical (unpaired) electrons. The van der Waals surface area contributed by atoms with Crippen LogP contribution in [0.15, 0.2) is 48.7 Å². The molecule has 0 aliphatic heterocycles. The molecule has 0 aromatic rings. The Morgan fingerprint density at radius 3 is 2.20 bits per heavy atom. The van der Waals surface area contributed by atoms with E-state index in [1.807, 2.05) is 0 Å². The van der Waals surface area contributed by atoms with Gasteiger partial charge >= 0.3 is 5.97 Å². The molecule has 0 heterocycles. The first kappa shape index (κ1) is 17.4. The van der Waals surface area contributed by atoms with Crippen LogP contribution >= 0.6 is 0 Å². The maximum atomic E-state index is 12.1. The molecule has 1 atom stereocenters. The van der Waals surface area contributed by atoms with Gasteiger partial charge < -0.3 is 16.2 Å². The molecule has 0 aliphatic rings. The van der Waals surface area contributed by atoms with Gasteiger partial charge in [-0.15, -0.1) is 0 Å². The molecule has 0 spiro atoms. The van der Waals surface area contributed by atoms with Crippen molar-refractivity contribution in [2.24, 2.45) is 5.73 Å². The van der Waals surface area contributed by atoms with E-state index in [1.165, 1.54) is 31.2 Å². The number of ketones is 1. The fourth-order valence-electron chi connectivity index (χ4n) is 1.43. The molecule has 1 amide bonds. The molecule has 108 valence electrons. The molecule has 0 aliphatic carbocycles. The standard InChI is InChI=1S/C14H18N2O4/c1-4-6-10(11(15)7-5-2)13(18)8-12(14(19)20)16-9(3)17/h4-7,12H,1-2,8,15H2,3H3,(H,16,17)(H,19,20)/b10-6+,11-7+. The van der Waals surface area contributed by atoms with Gasteiger partial charge in [-0.3, -0.25) is 9.59 Å². The average Bonchev–Trinajstić information content (AvgIpc) is 2.34. The molecule has 0 saturated carbocycles. The summed E-state index contributed by atoms with van der Waals surface area (Å²) in [5.74, 6) is -2.34. The maximum Gasteiger partial charge on any atom is 0.326 e. The number of nitrogens with two attached hydrogens (primary N) is 1. The summed E-state index contributed by atoms with van der Waals surface area (Å²) in [6.07, 6.45) is 5.17. The SMILES string of the molecule is C=C/C=C(N)\C(=C/C=C)C(=O)CC(NC(C)=O)C(=O)O. The Morgan fingerprint density at radius 2 is 1.80 bits per heavy atom. The molecule has 6 nitrogen and oxygen atoms in total. The number of hydrogen-bond acceptors (Lipinski definition) is 4. The minimum atomic E-state index is -1.30. The van der Waals surface area contributed by atoms with E-state index in [9.17, 15) is 14.4 Å². The van der Waals surface area contributed by atoms with Crippen molar-refractivity contribution >= 4 is 17.7 Å². The quantitative estimate of drug-likeness (QED) is 0.446. The third kappa shape index (κ3) is 5.81. The highest BCUT2D eigenvalue weighted by Gasteiger charge is 2.24. The zero-order valence-corrected chi connectivity index (χ0v) is 11.3. The second kappa shape index (κ2) is 8.47. The molecular weight excluding hydrogens is 260 g/mol. The van der Waals surface area contributed by atoms with Crippen LogP contribution < -0.4 is 11.1 Å². The van der Waals surface area contributed by atoms with Gasteiger partial charge in [-0.05, 0) is 12.2 Å². The first-order valence-corrected chi connectivity index (χ1v) is 5.77. The van der Waals surface area contributed by atoms with Gasteiger partial charge in [-0.25, -0.2) is 4.79 Å². The lowest BCUT2D eigenvalue weighted by Gasteiger charge is -2.13. The number of allylic oxidation sites excluding steroid dienone is 5. The number of Topliss-reactive ketones (excluding diaryl/α,β-unsaturated/α-hetero) is 1. The van der Waals surface area contributed by atoms with Gasteiger partial charge in [0.15, 0.2) is 5.78 Å². The van der Waals surface area contributed by atoms with Gasteiger partial charge in [-0.2, -0.15) is 0 Å². The molecule has 0 aromatic heterocycles. The predicted molar refractivity (Wildman–Crippen MR) is 75.6 cm³/mol. The maximum absolute atomic E-state index is 12.1. The highest BCUT2D eigenvalue weighted by Crippen LogP contribution is 2.11. The van der Waals surface area contributed by atoms with Crippen LogP contribution in [-0.2, 0) is 14.4 Å². The Hall–Kier alpha value is -2.63. The molecule has 0 bridgehead atoms. The lowest BCUT2D eigenvalue weighted by Crippen LogP contribution is -2.41. The molecule has 0 fully saturated rings. The smallest absolute Gasteiger partial charge is 0.326 e. The van der Waals surface area contributed by atoms with Crippen LogP contribution in [0.1, 0.15) is 13.3 Å². The van der Waals surface area contributed by atoms with Crippen LogP contribution in [0, 0.1) is 0 Å². The highest BCUT2D eigenvalue weighted by molar-refractivity contribution is 6.02. The molecule has 0 saturated heterocycles. The van der Waals surface area contributed by atoms with Gasteiger partial charge in [0.2, 0.25) is 5.91 Å². The Labute approximate surface area is 117 Å². The van der Waals surface area contributed by atoms with Crippen LogP contribution in [0.25, 0.3) is 0 Å². The minimum Gasteiger partial charge on any atom is -0.480 e. The van der Waals surface area contributed by atoms with Crippen molar-refractivity contribution in [3.8, 4) is 0 Å². The Bertz CT molecular complexity index is 489. The Morgan fingerprint density at radius 1 is 1.25 bits per heavy atom. The van der Waals surface area contributed by atoms with Crippen molar-refractivity contribution in [1.29, 1.82) is 0 Å². The molecule has 0 aromatic carbocycles. The number of carboxylic acid groups (broad SMARTS) is 1. The number of amides is 1. The minimum absolute atomic E-state index is 0.122. The third-order valence-electron chi connectivity index (χ3n) is 2.26. The molecule has 20 heavy (non-hydrogen) atoms. The first-order chi connectivity index (χ1) is 9.33. The van der Waals surface area contributed by atoms with E-state index < -0.39 is 30.1 Å². The summed E-state index contributed by atoms with van der Waals surface area (Å²) >= 11 is 0. The number of carboxylic acids is 1. The number of carbonyl (C=O) groups is 3. The van der Waals surface area contributed by atoms with Gasteiger partial charge in [0.25, 0.3) is 0 Å². The van der Waals surface area contributed by atoms with Crippen LogP contribution in [0.3, 0.4) is 0 Å². The molecule has 6 heteroatoms. The lowest BCUT2D eigenvalue weighted by atomic mass is 10.0. The van der Waals surface area contributed by atoms with Gasteiger partial charge in [0.05, 0.1) is 0 Å². The zero-order valence-electron chi connectivity index (χ0n) is 11.3. The van der Waals surface area contributed by atoms with E-state index in [0.717, 1.165) is 0 Å². The first-order valence-electron chi connectivity index (χ1n) is 5.77. The summed E-state index contributed by atoms with van der Waals surface area (Å²) in [5.41, 5.74) is 5.96. The summed E-state index contributed by atoms with van der Waals surface area (Å²) in [5, 5.41) is 11.1. The lowest BCUT2D eigenvalue weighted by molar-refractivity contribution is -0.142. The van der Waals surface area contributed by atoms with Crippen molar-refractivity contribution in [1.82, 2.24) is 5.32 Å². The molecular formula is C14H18N2O4. The van der Waals surface area contributed by atoms with Crippen LogP contribution in [0.2, 0.25) is 0 Å². The van der Waals surface area contributed by atoms with Gasteiger partial charge in [0.1, 0.15) is 6.04 Å². The van der Waals surface area contributed by atoms with Crippen LogP contribution in [0.5, 0.6) is 0 Å². The zero-order chi connectivity index (χ0) is 15.7. The summed E-state index contributed by atoms with van der Waals surface area (Å²) < 4.78 is 0. The molecule has 1 unspecified atom stereocenters. The molecule has 0 rings (SSSR count). The fourth-order valence-corrected chi connectivity index (χ4v) is 1.43. The summed E-state index contributed by atoms with van der Waals surface area (Å²) in [6, 6.07) is -1.30. The second-order valence-corrected chi connectivity index (χ2v) is 3.89. The highest BCUT2D eigenvalue weighted by atomic mass is 16.4. The van der Waals surface area contributed by atoms with E-state index in [-0.39, 0.29) is 11.3 Å². The van der Waals surface area contributed by atoms with Crippen molar-refractivity contribution in [2.75, 3.05) is 0 Å². The van der Waals surface area contributed by atoms with E-state index in [2.05, 4.69) is 18.5 Å². The van der Waals surface area contributed by atoms with E-state index in [4.69, 9.17) is 10.8 Å². The summed E-state index contributed by atoms with van der Waals surface area (Å²) in [4.78, 5) is 33.9. The average molecular weight is 278 g/mol. The van der Waals surface area contributed by atoms with Gasteiger partial charge in [0, 0.05) is 24.6 Å². The summed E-state index contributed by atoms with van der Waals surface area (Å²) in [6.45, 7) is 8.10. The van der Waals surface area contributed by atoms with Crippen LogP contribution in [0.4, 0.5) is 0 Å². The molecule has 4 N–H and O–H groups in total. The fraction of sp³-hybridized carbons (Fsp3) is 0.214. The summed E-state index contributed by atoms with van der Waals surface area (Å²) in [7, 11) is 0. The van der Waals surface area contributed by atoms with Crippen molar-refractivity contribution < 1.29 is 19.5 Å². The Balaban J connectivity index is 5.18. The van der Waals surface area contributed by atoms with Crippen molar-refractivity contribution in [3.05, 3.63) is 48.7 Å². The largest absolute Gasteiger partial charge is 0.480 e. The van der Waals surface area contributed by atoms with E-state index in [0.29, 0.717) is 0 Å². The van der Waals surface area contributed by atoms with Crippen molar-refractivity contribution in [3.63, 3.8) is 0 Å². The van der Waals surface area contributed by atoms with E-state index in [1.54, 1.807) is 0 Å². The second-order valence-electron chi connectivity index (χ2n) is 3.89. The number of rotatable bonds is 8.